The van der Waals surface area contributed by atoms with E-state index in [0.29, 0.717) is 11.8 Å². The van der Waals surface area contributed by atoms with Crippen molar-refractivity contribution >= 4 is 28.5 Å². The summed E-state index contributed by atoms with van der Waals surface area (Å²) in [6.45, 7) is 0. The molecule has 2 aromatic heterocycles. The van der Waals surface area contributed by atoms with Gasteiger partial charge in [0.05, 0.1) is 5.52 Å². The minimum absolute atomic E-state index is 0.173. The lowest BCUT2D eigenvalue weighted by molar-refractivity contribution is 0.961. The first kappa shape index (κ1) is 12.7. The molecule has 5 nitrogen and oxygen atoms in total. The van der Waals surface area contributed by atoms with Gasteiger partial charge < -0.3 is 4.90 Å². The third-order valence-corrected chi connectivity index (χ3v) is 3.01. The Morgan fingerprint density at radius 2 is 1.85 bits per heavy atom. The molecule has 6 heteroatoms. The fourth-order valence-corrected chi connectivity index (χ4v) is 2.02. The van der Waals surface area contributed by atoms with E-state index in [-0.39, 0.29) is 5.28 Å². The van der Waals surface area contributed by atoms with E-state index in [4.69, 9.17) is 11.6 Å². The second-order valence-electron chi connectivity index (χ2n) is 4.54. The van der Waals surface area contributed by atoms with Crippen molar-refractivity contribution in [2.45, 2.75) is 0 Å². The number of anilines is 1. The first-order chi connectivity index (χ1) is 9.63. The lowest BCUT2D eigenvalue weighted by Crippen LogP contribution is -2.14. The van der Waals surface area contributed by atoms with Crippen LogP contribution in [0.1, 0.15) is 0 Å². The van der Waals surface area contributed by atoms with Crippen LogP contribution in [0.25, 0.3) is 22.3 Å². The molecular formula is C14H12ClN5. The number of pyridine rings is 1. The zero-order valence-corrected chi connectivity index (χ0v) is 11.8. The Morgan fingerprint density at radius 3 is 2.65 bits per heavy atom. The summed E-state index contributed by atoms with van der Waals surface area (Å²) in [7, 11) is 3.71. The minimum atomic E-state index is 0.173. The number of aromatic nitrogens is 4. The van der Waals surface area contributed by atoms with E-state index >= 15 is 0 Å². The van der Waals surface area contributed by atoms with Crippen molar-refractivity contribution in [3.8, 4) is 11.4 Å². The Bertz CT molecular complexity index is 772. The van der Waals surface area contributed by atoms with Crippen molar-refractivity contribution in [2.75, 3.05) is 19.0 Å². The average molecular weight is 286 g/mol. The Balaban J connectivity index is 2.15. The average Bonchev–Trinajstić information content (AvgIpc) is 2.46. The number of rotatable bonds is 2. The number of hydrogen-bond donors (Lipinski definition) is 0. The lowest BCUT2D eigenvalue weighted by Gasteiger charge is -2.11. The van der Waals surface area contributed by atoms with Crippen LogP contribution in [0.4, 0.5) is 5.95 Å². The largest absolute Gasteiger partial charge is 0.347 e. The third-order valence-electron chi connectivity index (χ3n) is 2.84. The molecule has 0 amide bonds. The van der Waals surface area contributed by atoms with E-state index in [1.165, 1.54) is 0 Å². The maximum atomic E-state index is 5.95. The van der Waals surface area contributed by atoms with Crippen molar-refractivity contribution in [1.29, 1.82) is 0 Å². The highest BCUT2D eigenvalue weighted by molar-refractivity contribution is 6.28. The van der Waals surface area contributed by atoms with E-state index in [1.807, 2.05) is 44.4 Å². The van der Waals surface area contributed by atoms with E-state index in [2.05, 4.69) is 19.9 Å². The predicted octanol–water partition coefficient (Wildman–Crippen LogP) is 2.81. The molecule has 0 aliphatic rings. The quantitative estimate of drug-likeness (QED) is 0.725. The van der Waals surface area contributed by atoms with Gasteiger partial charge in [0.1, 0.15) is 0 Å². The predicted molar refractivity (Wildman–Crippen MR) is 79.9 cm³/mol. The van der Waals surface area contributed by atoms with Crippen molar-refractivity contribution in [2.24, 2.45) is 0 Å². The first-order valence-corrected chi connectivity index (χ1v) is 6.45. The van der Waals surface area contributed by atoms with Gasteiger partial charge in [-0.2, -0.15) is 15.0 Å². The molecule has 0 radical (unpaired) electrons. The van der Waals surface area contributed by atoms with Gasteiger partial charge in [-0.05, 0) is 23.7 Å². The van der Waals surface area contributed by atoms with Gasteiger partial charge in [-0.15, -0.1) is 0 Å². The molecule has 0 N–H and O–H groups in total. The molecule has 0 fully saturated rings. The highest BCUT2D eigenvalue weighted by Gasteiger charge is 2.09. The fourth-order valence-electron chi connectivity index (χ4n) is 1.86. The van der Waals surface area contributed by atoms with Crippen molar-refractivity contribution in [3.63, 3.8) is 0 Å². The molecule has 3 rings (SSSR count). The molecule has 0 saturated carbocycles. The molecule has 0 aliphatic heterocycles. The van der Waals surface area contributed by atoms with Crippen LogP contribution >= 0.6 is 11.6 Å². The summed E-state index contributed by atoms with van der Waals surface area (Å²) in [5.41, 5.74) is 1.75. The summed E-state index contributed by atoms with van der Waals surface area (Å²) < 4.78 is 0. The number of halogens is 1. The number of benzene rings is 1. The van der Waals surface area contributed by atoms with Gasteiger partial charge >= 0.3 is 0 Å². The van der Waals surface area contributed by atoms with Crippen LogP contribution < -0.4 is 4.90 Å². The zero-order chi connectivity index (χ0) is 14.1. The van der Waals surface area contributed by atoms with Gasteiger partial charge in [-0.25, -0.2) is 0 Å². The second kappa shape index (κ2) is 5.02. The topological polar surface area (TPSA) is 54.8 Å². The minimum Gasteiger partial charge on any atom is -0.347 e. The molecule has 0 saturated heterocycles. The maximum absolute atomic E-state index is 5.95. The summed E-state index contributed by atoms with van der Waals surface area (Å²) >= 11 is 5.95. The molecule has 0 aliphatic carbocycles. The Morgan fingerprint density at radius 1 is 1.05 bits per heavy atom. The Hall–Kier alpha value is -2.27. The molecule has 0 spiro atoms. The van der Waals surface area contributed by atoms with Crippen LogP contribution in [0.3, 0.4) is 0 Å². The maximum Gasteiger partial charge on any atom is 0.229 e. The van der Waals surface area contributed by atoms with Gasteiger partial charge in [-0.3, -0.25) is 4.98 Å². The molecule has 100 valence electrons. The van der Waals surface area contributed by atoms with Crippen LogP contribution in [-0.4, -0.2) is 34.0 Å². The van der Waals surface area contributed by atoms with E-state index in [1.54, 1.807) is 11.1 Å². The lowest BCUT2D eigenvalue weighted by atomic mass is 10.1. The molecule has 3 aromatic rings. The summed E-state index contributed by atoms with van der Waals surface area (Å²) in [5.74, 6) is 1.04. The number of fused-ring (bicyclic) bond motifs is 1. The highest BCUT2D eigenvalue weighted by Crippen LogP contribution is 2.21. The number of nitrogens with zero attached hydrogens (tertiary/aromatic N) is 5. The van der Waals surface area contributed by atoms with Gasteiger partial charge in [0, 0.05) is 31.2 Å². The SMILES string of the molecule is CN(C)c1nc(Cl)nc(-c2cnc3ccccc3c2)n1. The van der Waals surface area contributed by atoms with Gasteiger partial charge in [0.25, 0.3) is 0 Å². The smallest absolute Gasteiger partial charge is 0.229 e. The second-order valence-corrected chi connectivity index (χ2v) is 4.88. The third kappa shape index (κ3) is 2.40. The standard InChI is InChI=1S/C14H12ClN5/c1-20(2)14-18-12(17-13(15)19-14)10-7-9-5-3-4-6-11(9)16-8-10/h3-8H,1-2H3. The summed E-state index contributed by atoms with van der Waals surface area (Å²) in [6, 6.07) is 9.89. The van der Waals surface area contributed by atoms with Crippen LogP contribution in [-0.2, 0) is 0 Å². The van der Waals surface area contributed by atoms with Crippen LogP contribution in [0.2, 0.25) is 5.28 Å². The first-order valence-electron chi connectivity index (χ1n) is 6.07. The highest BCUT2D eigenvalue weighted by atomic mass is 35.5. The van der Waals surface area contributed by atoms with Crippen LogP contribution in [0, 0.1) is 0 Å². The van der Waals surface area contributed by atoms with Crippen LogP contribution in [0.15, 0.2) is 36.5 Å². The van der Waals surface area contributed by atoms with Crippen molar-refractivity contribution < 1.29 is 0 Å². The molecule has 20 heavy (non-hydrogen) atoms. The van der Waals surface area contributed by atoms with Crippen molar-refractivity contribution in [1.82, 2.24) is 19.9 Å². The number of para-hydroxylation sites is 1. The van der Waals surface area contributed by atoms with Crippen LogP contribution in [0.5, 0.6) is 0 Å². The van der Waals surface area contributed by atoms with Gasteiger partial charge in [-0.1, -0.05) is 18.2 Å². The monoisotopic (exact) mass is 285 g/mol. The molecular weight excluding hydrogens is 274 g/mol. The molecule has 2 heterocycles. The molecule has 1 aromatic carbocycles. The Kier molecular flexibility index (Phi) is 3.20. The summed E-state index contributed by atoms with van der Waals surface area (Å²) in [5, 5.41) is 1.21. The number of hydrogen-bond acceptors (Lipinski definition) is 5. The van der Waals surface area contributed by atoms with E-state index in [9.17, 15) is 0 Å². The van der Waals surface area contributed by atoms with Crippen molar-refractivity contribution in [3.05, 3.63) is 41.8 Å². The van der Waals surface area contributed by atoms with E-state index < -0.39 is 0 Å². The summed E-state index contributed by atoms with van der Waals surface area (Å²) in [6.07, 6.45) is 1.74. The fraction of sp³-hybridized carbons (Fsp3) is 0.143. The molecule has 0 bridgehead atoms. The van der Waals surface area contributed by atoms with Gasteiger partial charge in [0.2, 0.25) is 11.2 Å². The normalized spacial score (nSPS) is 10.8. The van der Waals surface area contributed by atoms with Gasteiger partial charge in [0.15, 0.2) is 5.82 Å². The Labute approximate surface area is 121 Å². The summed E-state index contributed by atoms with van der Waals surface area (Å²) in [4.78, 5) is 18.8. The van der Waals surface area contributed by atoms with E-state index in [0.717, 1.165) is 16.5 Å². The molecule has 0 unspecified atom stereocenters. The molecule has 0 atom stereocenters. The zero-order valence-electron chi connectivity index (χ0n) is 11.1.